The SMILES string of the molecule is CCCCCCCCCCc1ccc(-c2ccc(C3CCCCC3)cc2)cc1. The molecule has 1 aliphatic rings. The van der Waals surface area contributed by atoms with Crippen molar-refractivity contribution in [1.82, 2.24) is 0 Å². The van der Waals surface area contributed by atoms with Crippen molar-refractivity contribution < 1.29 is 0 Å². The average Bonchev–Trinajstić information content (AvgIpc) is 2.77. The fourth-order valence-corrected chi connectivity index (χ4v) is 4.71. The van der Waals surface area contributed by atoms with Crippen molar-refractivity contribution in [2.75, 3.05) is 0 Å². The molecule has 1 saturated carbocycles. The fourth-order valence-electron chi connectivity index (χ4n) is 4.71. The van der Waals surface area contributed by atoms with Gasteiger partial charge in [-0.05, 0) is 53.9 Å². The number of hydrogen-bond donors (Lipinski definition) is 0. The van der Waals surface area contributed by atoms with Crippen LogP contribution >= 0.6 is 0 Å². The Balaban J connectivity index is 1.41. The average molecular weight is 377 g/mol. The minimum absolute atomic E-state index is 0.803. The molecule has 0 nitrogen and oxygen atoms in total. The molecule has 1 aliphatic carbocycles. The molecule has 0 spiro atoms. The van der Waals surface area contributed by atoms with Gasteiger partial charge in [0.25, 0.3) is 0 Å². The molecule has 1 fully saturated rings. The summed E-state index contributed by atoms with van der Waals surface area (Å²) in [4.78, 5) is 0. The summed E-state index contributed by atoms with van der Waals surface area (Å²) in [6.07, 6.45) is 19.4. The molecule has 3 rings (SSSR count). The molecule has 152 valence electrons. The van der Waals surface area contributed by atoms with Gasteiger partial charge in [-0.15, -0.1) is 0 Å². The van der Waals surface area contributed by atoms with Crippen molar-refractivity contribution in [3.63, 3.8) is 0 Å². The number of aryl methyl sites for hydroxylation is 1. The molecule has 2 aromatic rings. The Bertz CT molecular complexity index is 643. The predicted molar refractivity (Wildman–Crippen MR) is 124 cm³/mol. The molecular formula is C28H40. The summed E-state index contributed by atoms with van der Waals surface area (Å²) in [5, 5.41) is 0. The third-order valence-electron chi connectivity index (χ3n) is 6.59. The molecule has 0 heteroatoms. The van der Waals surface area contributed by atoms with Crippen LogP contribution in [0.1, 0.15) is 107 Å². The van der Waals surface area contributed by atoms with Gasteiger partial charge < -0.3 is 0 Å². The third kappa shape index (κ3) is 6.80. The summed E-state index contributed by atoms with van der Waals surface area (Å²) in [5.41, 5.74) is 5.76. The zero-order chi connectivity index (χ0) is 19.4. The van der Waals surface area contributed by atoms with E-state index in [1.807, 2.05) is 0 Å². The molecule has 28 heavy (non-hydrogen) atoms. The zero-order valence-electron chi connectivity index (χ0n) is 18.1. The molecule has 0 heterocycles. The Morgan fingerprint density at radius 2 is 1.14 bits per heavy atom. The molecule has 0 atom stereocenters. The van der Waals surface area contributed by atoms with Crippen LogP contribution in [0.25, 0.3) is 11.1 Å². The van der Waals surface area contributed by atoms with Gasteiger partial charge in [0, 0.05) is 0 Å². The smallest absolute Gasteiger partial charge is 0.0162 e. The molecule has 0 unspecified atom stereocenters. The maximum Gasteiger partial charge on any atom is -0.0162 e. The Hall–Kier alpha value is -1.56. The standard InChI is InChI=1S/C28H40/c1-2-3-4-5-6-7-8-10-13-24-16-18-26(19-17-24)28-22-20-27(21-23-28)25-14-11-9-12-15-25/h16-23,25H,2-15H2,1H3. The first kappa shape index (κ1) is 21.2. The number of rotatable bonds is 11. The van der Waals surface area contributed by atoms with Crippen LogP contribution in [0.15, 0.2) is 48.5 Å². The number of unbranched alkanes of at least 4 members (excludes halogenated alkanes) is 7. The monoisotopic (exact) mass is 376 g/mol. The minimum Gasteiger partial charge on any atom is -0.0654 e. The highest BCUT2D eigenvalue weighted by Crippen LogP contribution is 2.33. The van der Waals surface area contributed by atoms with E-state index >= 15 is 0 Å². The summed E-state index contributed by atoms with van der Waals surface area (Å²) in [7, 11) is 0. The van der Waals surface area contributed by atoms with E-state index in [1.54, 1.807) is 5.56 Å². The second-order valence-corrected chi connectivity index (χ2v) is 8.88. The molecule has 0 bridgehead atoms. The van der Waals surface area contributed by atoms with Crippen molar-refractivity contribution >= 4 is 0 Å². The molecule has 0 N–H and O–H groups in total. The van der Waals surface area contributed by atoms with Crippen molar-refractivity contribution in [1.29, 1.82) is 0 Å². The van der Waals surface area contributed by atoms with Gasteiger partial charge in [-0.3, -0.25) is 0 Å². The molecule has 0 radical (unpaired) electrons. The highest BCUT2D eigenvalue weighted by molar-refractivity contribution is 5.64. The maximum atomic E-state index is 2.37. The first-order valence-electron chi connectivity index (χ1n) is 12.1. The topological polar surface area (TPSA) is 0 Å². The molecule has 0 amide bonds. The first-order chi connectivity index (χ1) is 13.9. The van der Waals surface area contributed by atoms with Crippen LogP contribution in [-0.2, 0) is 6.42 Å². The zero-order valence-corrected chi connectivity index (χ0v) is 18.1. The first-order valence-corrected chi connectivity index (χ1v) is 12.1. The van der Waals surface area contributed by atoms with Gasteiger partial charge in [0.15, 0.2) is 0 Å². The number of benzene rings is 2. The van der Waals surface area contributed by atoms with Gasteiger partial charge in [0.05, 0.1) is 0 Å². The van der Waals surface area contributed by atoms with E-state index in [2.05, 4.69) is 55.5 Å². The summed E-state index contributed by atoms with van der Waals surface area (Å²) < 4.78 is 0. The molecular weight excluding hydrogens is 336 g/mol. The van der Waals surface area contributed by atoms with Crippen LogP contribution in [0.2, 0.25) is 0 Å². The Morgan fingerprint density at radius 3 is 1.75 bits per heavy atom. The lowest BCUT2D eigenvalue weighted by atomic mass is 9.83. The Labute approximate surface area is 173 Å². The Kier molecular flexibility index (Phi) is 9.14. The van der Waals surface area contributed by atoms with E-state index in [-0.39, 0.29) is 0 Å². The second kappa shape index (κ2) is 12.1. The van der Waals surface area contributed by atoms with Crippen LogP contribution in [0.3, 0.4) is 0 Å². The van der Waals surface area contributed by atoms with Gasteiger partial charge in [0.1, 0.15) is 0 Å². The van der Waals surface area contributed by atoms with Gasteiger partial charge in [-0.2, -0.15) is 0 Å². The van der Waals surface area contributed by atoms with Gasteiger partial charge in [0.2, 0.25) is 0 Å². The van der Waals surface area contributed by atoms with Crippen LogP contribution in [0.5, 0.6) is 0 Å². The van der Waals surface area contributed by atoms with Gasteiger partial charge in [-0.1, -0.05) is 120 Å². The summed E-state index contributed by atoms with van der Waals surface area (Å²) >= 11 is 0. The molecule has 0 aromatic heterocycles. The quantitative estimate of drug-likeness (QED) is 0.343. The second-order valence-electron chi connectivity index (χ2n) is 8.88. The van der Waals surface area contributed by atoms with Crippen LogP contribution < -0.4 is 0 Å². The van der Waals surface area contributed by atoms with Crippen molar-refractivity contribution in [2.45, 2.75) is 103 Å². The normalized spacial score (nSPS) is 15.0. The third-order valence-corrected chi connectivity index (χ3v) is 6.59. The molecule has 2 aromatic carbocycles. The maximum absolute atomic E-state index is 2.37. The van der Waals surface area contributed by atoms with E-state index in [0.29, 0.717) is 0 Å². The van der Waals surface area contributed by atoms with E-state index in [1.165, 1.54) is 107 Å². The van der Waals surface area contributed by atoms with E-state index in [9.17, 15) is 0 Å². The van der Waals surface area contributed by atoms with Crippen LogP contribution in [0, 0.1) is 0 Å². The van der Waals surface area contributed by atoms with E-state index in [0.717, 1.165) is 5.92 Å². The van der Waals surface area contributed by atoms with E-state index in [4.69, 9.17) is 0 Å². The van der Waals surface area contributed by atoms with Gasteiger partial charge >= 0.3 is 0 Å². The Morgan fingerprint density at radius 1 is 0.607 bits per heavy atom. The van der Waals surface area contributed by atoms with Crippen molar-refractivity contribution in [3.8, 4) is 11.1 Å². The summed E-state index contributed by atoms with van der Waals surface area (Å²) in [5.74, 6) is 0.803. The molecule has 0 saturated heterocycles. The van der Waals surface area contributed by atoms with E-state index < -0.39 is 0 Å². The largest absolute Gasteiger partial charge is 0.0654 e. The van der Waals surface area contributed by atoms with Gasteiger partial charge in [-0.25, -0.2) is 0 Å². The lowest BCUT2D eigenvalue weighted by Gasteiger charge is -2.22. The molecule has 0 aliphatic heterocycles. The number of hydrogen-bond acceptors (Lipinski definition) is 0. The van der Waals surface area contributed by atoms with Crippen molar-refractivity contribution in [3.05, 3.63) is 59.7 Å². The lowest BCUT2D eigenvalue weighted by molar-refractivity contribution is 0.443. The predicted octanol–water partition coefficient (Wildman–Crippen LogP) is 9.08. The highest BCUT2D eigenvalue weighted by Gasteiger charge is 2.15. The summed E-state index contributed by atoms with van der Waals surface area (Å²) in [6, 6.07) is 18.7. The highest BCUT2D eigenvalue weighted by atomic mass is 14.2. The van der Waals surface area contributed by atoms with Crippen LogP contribution in [0.4, 0.5) is 0 Å². The summed E-state index contributed by atoms with van der Waals surface area (Å²) in [6.45, 7) is 2.29. The minimum atomic E-state index is 0.803. The van der Waals surface area contributed by atoms with Crippen LogP contribution in [-0.4, -0.2) is 0 Å². The lowest BCUT2D eigenvalue weighted by Crippen LogP contribution is -2.04. The fraction of sp³-hybridized carbons (Fsp3) is 0.571. The van der Waals surface area contributed by atoms with Crippen molar-refractivity contribution in [2.24, 2.45) is 0 Å².